The molecule has 3 rings (SSSR count). The zero-order valence-electron chi connectivity index (χ0n) is 9.89. The molecule has 0 saturated carbocycles. The molecule has 7 heteroatoms. The molecule has 19 heavy (non-hydrogen) atoms. The summed E-state index contributed by atoms with van der Waals surface area (Å²) in [5.74, 6) is -2.02. The largest absolute Gasteiger partial charge is 0.497 e. The van der Waals surface area contributed by atoms with Crippen LogP contribution in [0, 0.1) is 0 Å². The van der Waals surface area contributed by atoms with Gasteiger partial charge in [0.2, 0.25) is 0 Å². The molecule has 3 N–H and O–H groups in total. The van der Waals surface area contributed by atoms with E-state index in [1.165, 1.54) is 13.2 Å². The molecule has 0 aliphatic carbocycles. The van der Waals surface area contributed by atoms with Crippen LogP contribution < -0.4 is 20.1 Å². The zero-order valence-corrected chi connectivity index (χ0v) is 9.89. The number of carbonyl (C=O) groups is 2. The lowest BCUT2D eigenvalue weighted by Crippen LogP contribution is -2.65. The number of imide groups is 1. The average molecular weight is 262 g/mol. The lowest BCUT2D eigenvalue weighted by molar-refractivity contribution is -0.145. The summed E-state index contributed by atoms with van der Waals surface area (Å²) in [5.41, 5.74) is 0.525. The highest BCUT2D eigenvalue weighted by molar-refractivity contribution is 6.11. The number of hydrogen-bond donors (Lipinski definition) is 3. The Hall–Kier alpha value is -2.54. The van der Waals surface area contributed by atoms with E-state index in [2.05, 4.69) is 5.32 Å². The van der Waals surface area contributed by atoms with Gasteiger partial charge in [-0.1, -0.05) is 0 Å². The van der Waals surface area contributed by atoms with E-state index in [1.807, 2.05) is 5.32 Å². The van der Waals surface area contributed by atoms with Gasteiger partial charge in [-0.05, 0) is 18.2 Å². The molecule has 2 aliphatic rings. The van der Waals surface area contributed by atoms with Gasteiger partial charge in [0.15, 0.2) is 0 Å². The van der Waals surface area contributed by atoms with Crippen LogP contribution in [-0.2, 0) is 4.79 Å². The molecule has 1 saturated heterocycles. The first kappa shape index (κ1) is 11.5. The van der Waals surface area contributed by atoms with E-state index < -0.39 is 17.8 Å². The Morgan fingerprint density at radius 3 is 2.89 bits per heavy atom. The predicted octanol–water partition coefficient (Wildman–Crippen LogP) is -0.0435. The molecule has 0 aromatic heterocycles. The molecule has 0 radical (unpaired) electrons. The maximum atomic E-state index is 11.7. The van der Waals surface area contributed by atoms with E-state index in [9.17, 15) is 14.7 Å². The first-order valence-electron chi connectivity index (χ1n) is 5.47. The number of methoxy groups -OCH3 is 1. The van der Waals surface area contributed by atoms with Gasteiger partial charge in [-0.15, -0.1) is 0 Å². The van der Waals surface area contributed by atoms with E-state index in [0.29, 0.717) is 17.1 Å². The average Bonchev–Trinajstić information content (AvgIpc) is 2.35. The van der Waals surface area contributed by atoms with Crippen LogP contribution >= 0.6 is 0 Å². The molecule has 7 nitrogen and oxygen atoms in total. The van der Waals surface area contributed by atoms with Crippen LogP contribution in [0.1, 0.15) is 5.56 Å². The Balaban J connectivity index is 2.11. The van der Waals surface area contributed by atoms with Gasteiger partial charge in [-0.2, -0.15) is 0 Å². The van der Waals surface area contributed by atoms with Crippen LogP contribution in [0.4, 0.5) is 4.79 Å². The molecule has 1 aromatic rings. The van der Waals surface area contributed by atoms with Crippen molar-refractivity contribution in [3.8, 4) is 11.5 Å². The topological polar surface area (TPSA) is 96.9 Å². The Bertz CT molecular complexity index is 625. The Kier molecular flexibility index (Phi) is 2.26. The minimum atomic E-state index is -2.15. The van der Waals surface area contributed by atoms with Gasteiger partial charge in [0.05, 0.1) is 7.11 Å². The molecule has 98 valence electrons. The summed E-state index contributed by atoms with van der Waals surface area (Å²) in [6.45, 7) is 0. The molecular formula is C12H10N2O5. The quantitative estimate of drug-likeness (QED) is 0.659. The maximum Gasteiger partial charge on any atom is 0.327 e. The third-order valence-corrected chi connectivity index (χ3v) is 2.90. The van der Waals surface area contributed by atoms with Gasteiger partial charge in [-0.3, -0.25) is 15.4 Å². The molecule has 0 unspecified atom stereocenters. The van der Waals surface area contributed by atoms with Gasteiger partial charge < -0.3 is 14.6 Å². The second-order valence-electron chi connectivity index (χ2n) is 4.12. The Morgan fingerprint density at radius 1 is 1.37 bits per heavy atom. The van der Waals surface area contributed by atoms with Gasteiger partial charge in [0.1, 0.15) is 17.1 Å². The van der Waals surface area contributed by atoms with Gasteiger partial charge in [-0.25, -0.2) is 4.79 Å². The number of amides is 3. The second-order valence-corrected chi connectivity index (χ2v) is 4.12. The van der Waals surface area contributed by atoms with Crippen molar-refractivity contribution in [2.75, 3.05) is 7.11 Å². The number of carbonyl (C=O) groups excluding carboxylic acids is 2. The SMILES string of the molecule is COc1ccc2c(c1)O[C@]1(O)NC(=O)NC(=O)C1=C2. The molecule has 1 atom stereocenters. The lowest BCUT2D eigenvalue weighted by Gasteiger charge is -2.37. The molecule has 1 aromatic carbocycles. The van der Waals surface area contributed by atoms with Gasteiger partial charge >= 0.3 is 11.9 Å². The Labute approximate surface area is 107 Å². The summed E-state index contributed by atoms with van der Waals surface area (Å²) in [6.07, 6.45) is 1.45. The number of nitrogens with one attached hydrogen (secondary N) is 2. The zero-order chi connectivity index (χ0) is 13.6. The number of ether oxygens (including phenoxy) is 2. The molecule has 1 fully saturated rings. The number of hydrogen-bond acceptors (Lipinski definition) is 5. The first-order valence-corrected chi connectivity index (χ1v) is 5.47. The molecule has 2 aliphatic heterocycles. The summed E-state index contributed by atoms with van der Waals surface area (Å²) in [5, 5.41) is 14.4. The van der Waals surface area contributed by atoms with Gasteiger partial charge in [0.25, 0.3) is 5.91 Å². The third-order valence-electron chi connectivity index (χ3n) is 2.90. The van der Waals surface area contributed by atoms with Crippen molar-refractivity contribution in [2.24, 2.45) is 0 Å². The van der Waals surface area contributed by atoms with Crippen LogP contribution in [0.5, 0.6) is 11.5 Å². The fourth-order valence-electron chi connectivity index (χ4n) is 1.98. The van der Waals surface area contributed by atoms with E-state index in [0.717, 1.165) is 0 Å². The third kappa shape index (κ3) is 1.71. The van der Waals surface area contributed by atoms with Crippen molar-refractivity contribution in [2.45, 2.75) is 5.91 Å². The smallest absolute Gasteiger partial charge is 0.327 e. The Morgan fingerprint density at radius 2 is 2.16 bits per heavy atom. The summed E-state index contributed by atoms with van der Waals surface area (Å²) in [6, 6.07) is 4.11. The summed E-state index contributed by atoms with van der Waals surface area (Å²) >= 11 is 0. The molecule has 0 bridgehead atoms. The van der Waals surface area contributed by atoms with Crippen LogP contribution in [-0.4, -0.2) is 30.1 Å². The number of aliphatic hydroxyl groups is 1. The normalized spacial score (nSPS) is 24.2. The van der Waals surface area contributed by atoms with Crippen molar-refractivity contribution in [1.82, 2.24) is 10.6 Å². The monoisotopic (exact) mass is 262 g/mol. The van der Waals surface area contributed by atoms with Crippen molar-refractivity contribution in [1.29, 1.82) is 0 Å². The van der Waals surface area contributed by atoms with Crippen molar-refractivity contribution < 1.29 is 24.2 Å². The highest BCUT2D eigenvalue weighted by Crippen LogP contribution is 2.36. The summed E-state index contributed by atoms with van der Waals surface area (Å²) in [4.78, 5) is 22.9. The molecule has 2 heterocycles. The number of urea groups is 1. The fraction of sp³-hybridized carbons (Fsp3) is 0.167. The molecular weight excluding hydrogens is 252 g/mol. The minimum Gasteiger partial charge on any atom is -0.497 e. The van der Waals surface area contributed by atoms with E-state index in [-0.39, 0.29) is 5.57 Å². The van der Waals surface area contributed by atoms with Gasteiger partial charge in [0, 0.05) is 11.6 Å². The standard InChI is InChI=1S/C12H10N2O5/c1-18-7-3-2-6-4-8-10(15)13-11(16)14-12(8,17)19-9(6)5-7/h2-5,17H,1H3,(H2,13,14,15,16)/t12-/m0/s1. The van der Waals surface area contributed by atoms with Crippen molar-refractivity contribution >= 4 is 18.0 Å². The number of fused-ring (bicyclic) bond motifs is 2. The number of rotatable bonds is 1. The highest BCUT2D eigenvalue weighted by Gasteiger charge is 2.47. The highest BCUT2D eigenvalue weighted by atomic mass is 16.6. The predicted molar refractivity (Wildman–Crippen MR) is 63.2 cm³/mol. The minimum absolute atomic E-state index is 0.0789. The molecule has 3 amide bonds. The van der Waals surface area contributed by atoms with E-state index >= 15 is 0 Å². The molecule has 0 spiro atoms. The maximum absolute atomic E-state index is 11.7. The first-order chi connectivity index (χ1) is 9.01. The fourth-order valence-corrected chi connectivity index (χ4v) is 1.98. The van der Waals surface area contributed by atoms with Crippen molar-refractivity contribution in [3.63, 3.8) is 0 Å². The van der Waals surface area contributed by atoms with Crippen LogP contribution in [0.15, 0.2) is 23.8 Å². The van der Waals surface area contributed by atoms with Crippen LogP contribution in [0.25, 0.3) is 6.08 Å². The summed E-state index contributed by atoms with van der Waals surface area (Å²) < 4.78 is 10.4. The lowest BCUT2D eigenvalue weighted by atomic mass is 10.0. The van der Waals surface area contributed by atoms with E-state index in [1.54, 1.807) is 18.2 Å². The number of benzene rings is 1. The summed E-state index contributed by atoms with van der Waals surface area (Å²) in [7, 11) is 1.50. The van der Waals surface area contributed by atoms with Crippen LogP contribution in [0.2, 0.25) is 0 Å². The van der Waals surface area contributed by atoms with Crippen LogP contribution in [0.3, 0.4) is 0 Å². The second kappa shape index (κ2) is 3.72. The van der Waals surface area contributed by atoms with E-state index in [4.69, 9.17) is 9.47 Å². The van der Waals surface area contributed by atoms with Crippen molar-refractivity contribution in [3.05, 3.63) is 29.3 Å².